The van der Waals surface area contributed by atoms with Crippen molar-refractivity contribution in [2.24, 2.45) is 0 Å². The summed E-state index contributed by atoms with van der Waals surface area (Å²) in [5.41, 5.74) is 0.777. The smallest absolute Gasteiger partial charge is 0.293 e. The molecule has 0 bridgehead atoms. The fourth-order valence-electron chi connectivity index (χ4n) is 2.03. The molecule has 122 valence electrons. The van der Waals surface area contributed by atoms with Crippen LogP contribution in [0.5, 0.6) is 11.5 Å². The molecule has 1 aromatic rings. The number of carbonyl (C=O) groups is 2. The van der Waals surface area contributed by atoms with Gasteiger partial charge in [0.2, 0.25) is 0 Å². The van der Waals surface area contributed by atoms with Gasteiger partial charge < -0.3 is 9.47 Å². The molecule has 0 aliphatic carbocycles. The van der Waals surface area contributed by atoms with Crippen LogP contribution in [0.15, 0.2) is 29.7 Å². The van der Waals surface area contributed by atoms with Crippen molar-refractivity contribution in [3.8, 4) is 11.5 Å². The van der Waals surface area contributed by atoms with Gasteiger partial charge in [0.05, 0.1) is 15.6 Å². The summed E-state index contributed by atoms with van der Waals surface area (Å²) in [7, 11) is 1.56. The van der Waals surface area contributed by atoms with Gasteiger partial charge in [-0.3, -0.25) is 14.5 Å². The van der Waals surface area contributed by atoms with Crippen molar-refractivity contribution in [3.05, 3.63) is 38.8 Å². The standard InChI is InChI=1S/C16H16INO4S/c1-4-6-22-14-11(17)7-10(8-12(14)21-3)9-13-15(19)18(5-2)16(20)23-13/h4,7-9H,1,5-6H2,2-3H3/b13-9-. The Morgan fingerprint density at radius 3 is 2.70 bits per heavy atom. The van der Waals surface area contributed by atoms with E-state index in [1.54, 1.807) is 32.3 Å². The van der Waals surface area contributed by atoms with E-state index in [4.69, 9.17) is 9.47 Å². The number of halogens is 1. The zero-order valence-corrected chi connectivity index (χ0v) is 15.8. The van der Waals surface area contributed by atoms with Crippen LogP contribution >= 0.6 is 34.4 Å². The Hall–Kier alpha value is -1.48. The molecule has 0 aromatic heterocycles. The first-order chi connectivity index (χ1) is 11.0. The molecule has 1 fully saturated rings. The van der Waals surface area contributed by atoms with Gasteiger partial charge in [0.1, 0.15) is 6.61 Å². The molecule has 0 saturated carbocycles. The highest BCUT2D eigenvalue weighted by Crippen LogP contribution is 2.37. The topological polar surface area (TPSA) is 55.8 Å². The lowest BCUT2D eigenvalue weighted by atomic mass is 10.2. The SMILES string of the molecule is C=CCOc1c(I)cc(/C=C2\SC(=O)N(CC)C2=O)cc1OC. The zero-order chi connectivity index (χ0) is 17.0. The van der Waals surface area contributed by atoms with Gasteiger partial charge in [-0.1, -0.05) is 12.7 Å². The number of amides is 2. The van der Waals surface area contributed by atoms with E-state index in [1.165, 1.54) is 4.90 Å². The molecule has 2 rings (SSSR count). The summed E-state index contributed by atoms with van der Waals surface area (Å²) in [6, 6.07) is 3.65. The molecule has 0 N–H and O–H groups in total. The molecule has 0 unspecified atom stereocenters. The van der Waals surface area contributed by atoms with Crippen LogP contribution in [0.3, 0.4) is 0 Å². The summed E-state index contributed by atoms with van der Waals surface area (Å²) in [4.78, 5) is 25.5. The van der Waals surface area contributed by atoms with Gasteiger partial charge in [0.25, 0.3) is 11.1 Å². The molecule has 7 heteroatoms. The Kier molecular flexibility index (Phi) is 6.11. The zero-order valence-electron chi connectivity index (χ0n) is 12.8. The van der Waals surface area contributed by atoms with Crippen LogP contribution in [0, 0.1) is 3.57 Å². The Bertz CT molecular complexity index is 687. The quantitative estimate of drug-likeness (QED) is 0.378. The average Bonchev–Trinajstić information content (AvgIpc) is 2.79. The maximum atomic E-state index is 12.1. The first-order valence-electron chi connectivity index (χ1n) is 6.88. The third kappa shape index (κ3) is 3.89. The number of hydrogen-bond donors (Lipinski definition) is 0. The van der Waals surface area contributed by atoms with E-state index in [1.807, 2.05) is 6.07 Å². The van der Waals surface area contributed by atoms with Crippen LogP contribution < -0.4 is 9.47 Å². The van der Waals surface area contributed by atoms with E-state index in [9.17, 15) is 9.59 Å². The summed E-state index contributed by atoms with van der Waals surface area (Å²) >= 11 is 3.09. The van der Waals surface area contributed by atoms with Crippen molar-refractivity contribution >= 4 is 51.6 Å². The molecule has 0 radical (unpaired) electrons. The van der Waals surface area contributed by atoms with Crippen molar-refractivity contribution in [3.63, 3.8) is 0 Å². The molecule has 1 heterocycles. The molecule has 23 heavy (non-hydrogen) atoms. The van der Waals surface area contributed by atoms with Crippen LogP contribution in [-0.2, 0) is 4.79 Å². The van der Waals surface area contributed by atoms with Crippen molar-refractivity contribution in [2.45, 2.75) is 6.92 Å². The lowest BCUT2D eigenvalue weighted by molar-refractivity contribution is -0.122. The first-order valence-corrected chi connectivity index (χ1v) is 8.77. The Morgan fingerprint density at radius 1 is 1.39 bits per heavy atom. The second kappa shape index (κ2) is 7.87. The molecule has 2 amide bonds. The van der Waals surface area contributed by atoms with Gasteiger partial charge in [-0.2, -0.15) is 0 Å². The minimum absolute atomic E-state index is 0.239. The number of ether oxygens (including phenoxy) is 2. The molecular weight excluding hydrogens is 429 g/mol. The second-order valence-electron chi connectivity index (χ2n) is 4.56. The van der Waals surface area contributed by atoms with E-state index in [0.29, 0.717) is 29.6 Å². The number of thioether (sulfide) groups is 1. The second-order valence-corrected chi connectivity index (χ2v) is 6.72. The van der Waals surface area contributed by atoms with Crippen LogP contribution in [0.4, 0.5) is 4.79 Å². The molecular formula is C16H16INO4S. The normalized spacial score (nSPS) is 16.1. The van der Waals surface area contributed by atoms with Crippen LogP contribution in [0.25, 0.3) is 6.08 Å². The fraction of sp³-hybridized carbons (Fsp3) is 0.250. The average molecular weight is 445 g/mol. The summed E-state index contributed by atoms with van der Waals surface area (Å²) in [5, 5.41) is -0.239. The number of imide groups is 1. The summed E-state index contributed by atoms with van der Waals surface area (Å²) in [6.45, 7) is 6.15. The summed E-state index contributed by atoms with van der Waals surface area (Å²) < 4.78 is 11.8. The van der Waals surface area contributed by atoms with Crippen molar-refractivity contribution in [1.82, 2.24) is 4.90 Å². The van der Waals surface area contributed by atoms with Gasteiger partial charge in [-0.25, -0.2) is 0 Å². The van der Waals surface area contributed by atoms with E-state index in [2.05, 4.69) is 29.2 Å². The monoisotopic (exact) mass is 445 g/mol. The Balaban J connectivity index is 2.36. The minimum atomic E-state index is -0.261. The highest BCUT2D eigenvalue weighted by Gasteiger charge is 2.33. The van der Waals surface area contributed by atoms with Crippen molar-refractivity contribution in [1.29, 1.82) is 0 Å². The molecule has 1 aromatic carbocycles. The highest BCUT2D eigenvalue weighted by molar-refractivity contribution is 14.1. The highest BCUT2D eigenvalue weighted by atomic mass is 127. The molecule has 5 nitrogen and oxygen atoms in total. The van der Waals surface area contributed by atoms with Crippen LogP contribution in [-0.4, -0.2) is 36.3 Å². The lowest BCUT2D eigenvalue weighted by Crippen LogP contribution is -2.27. The lowest BCUT2D eigenvalue weighted by Gasteiger charge is -2.12. The van der Waals surface area contributed by atoms with E-state index in [-0.39, 0.29) is 11.1 Å². The van der Waals surface area contributed by atoms with Gasteiger partial charge in [0.15, 0.2) is 11.5 Å². The van der Waals surface area contributed by atoms with Crippen LogP contribution in [0.2, 0.25) is 0 Å². The van der Waals surface area contributed by atoms with Gasteiger partial charge in [-0.05, 0) is 65.0 Å². The number of benzene rings is 1. The molecule has 0 spiro atoms. The van der Waals surface area contributed by atoms with Crippen LogP contribution in [0.1, 0.15) is 12.5 Å². The van der Waals surface area contributed by atoms with Crippen molar-refractivity contribution < 1.29 is 19.1 Å². The molecule has 0 atom stereocenters. The number of nitrogens with zero attached hydrogens (tertiary/aromatic N) is 1. The Morgan fingerprint density at radius 2 is 2.13 bits per heavy atom. The third-order valence-electron chi connectivity index (χ3n) is 3.08. The first kappa shape index (κ1) is 17.9. The third-order valence-corrected chi connectivity index (χ3v) is 4.79. The molecule has 1 aliphatic heterocycles. The molecule has 1 aliphatic rings. The van der Waals surface area contributed by atoms with Gasteiger partial charge in [-0.15, -0.1) is 0 Å². The van der Waals surface area contributed by atoms with Crippen molar-refractivity contribution in [2.75, 3.05) is 20.3 Å². The number of methoxy groups -OCH3 is 1. The minimum Gasteiger partial charge on any atom is -0.493 e. The maximum Gasteiger partial charge on any atom is 0.293 e. The van der Waals surface area contributed by atoms with Gasteiger partial charge in [0, 0.05) is 6.54 Å². The maximum absolute atomic E-state index is 12.1. The number of likely N-dealkylation sites (N-methyl/N-ethyl adjacent to an activating group) is 1. The van der Waals surface area contributed by atoms with Gasteiger partial charge >= 0.3 is 0 Å². The van der Waals surface area contributed by atoms with E-state index < -0.39 is 0 Å². The largest absolute Gasteiger partial charge is 0.493 e. The number of rotatable bonds is 6. The number of hydrogen-bond acceptors (Lipinski definition) is 5. The number of carbonyl (C=O) groups excluding carboxylic acids is 2. The summed E-state index contributed by atoms with van der Waals surface area (Å²) in [5.74, 6) is 0.940. The molecule has 1 saturated heterocycles. The van der Waals surface area contributed by atoms with E-state index >= 15 is 0 Å². The predicted molar refractivity (Wildman–Crippen MR) is 99.8 cm³/mol. The predicted octanol–water partition coefficient (Wildman–Crippen LogP) is 3.92. The van der Waals surface area contributed by atoms with E-state index in [0.717, 1.165) is 20.9 Å². The fourth-order valence-corrected chi connectivity index (χ4v) is 3.71. The Labute approximate surface area is 152 Å². The summed E-state index contributed by atoms with van der Waals surface area (Å²) in [6.07, 6.45) is 3.35.